The van der Waals surface area contributed by atoms with Gasteiger partial charge in [-0.05, 0) is 69.9 Å². The third-order valence-electron chi connectivity index (χ3n) is 6.14. The van der Waals surface area contributed by atoms with E-state index in [1.807, 2.05) is 79.6 Å². The van der Waals surface area contributed by atoms with Crippen molar-refractivity contribution < 1.29 is 9.59 Å². The molecule has 2 heterocycles. The highest BCUT2D eigenvalue weighted by atomic mass is 32.2. The van der Waals surface area contributed by atoms with Crippen molar-refractivity contribution in [1.29, 1.82) is 0 Å². The van der Waals surface area contributed by atoms with E-state index in [1.165, 1.54) is 11.8 Å². The smallest absolute Gasteiger partial charge is 0.254 e. The van der Waals surface area contributed by atoms with Gasteiger partial charge in [-0.1, -0.05) is 41.6 Å². The summed E-state index contributed by atoms with van der Waals surface area (Å²) in [6, 6.07) is 13.6. The molecule has 2 aromatic carbocycles. The first-order valence-electron chi connectivity index (χ1n) is 11.7. The van der Waals surface area contributed by atoms with Crippen molar-refractivity contribution in [3.8, 4) is 0 Å². The van der Waals surface area contributed by atoms with E-state index in [-0.39, 0.29) is 23.6 Å². The predicted molar refractivity (Wildman–Crippen MR) is 135 cm³/mol. The third kappa shape index (κ3) is 5.17. The van der Waals surface area contributed by atoms with Crippen LogP contribution in [0.2, 0.25) is 0 Å². The van der Waals surface area contributed by atoms with Crippen LogP contribution in [0, 0.1) is 20.8 Å². The number of benzene rings is 2. The van der Waals surface area contributed by atoms with Gasteiger partial charge in [0.25, 0.3) is 5.91 Å². The van der Waals surface area contributed by atoms with Crippen molar-refractivity contribution in [2.75, 3.05) is 17.6 Å². The fraction of sp³-hybridized carbons (Fsp3) is 0.385. The minimum Gasteiger partial charge on any atom is -0.328 e. The summed E-state index contributed by atoms with van der Waals surface area (Å²) in [6.07, 6.45) is 1.78. The Labute approximate surface area is 205 Å². The summed E-state index contributed by atoms with van der Waals surface area (Å²) in [5.74, 6) is 0.975. The number of hydrogen-bond acceptors (Lipinski definition) is 5. The Morgan fingerprint density at radius 1 is 1.09 bits per heavy atom. The van der Waals surface area contributed by atoms with Gasteiger partial charge < -0.3 is 14.8 Å². The second-order valence-corrected chi connectivity index (χ2v) is 9.71. The maximum atomic E-state index is 13.2. The van der Waals surface area contributed by atoms with Crippen molar-refractivity contribution in [2.45, 2.75) is 58.3 Å². The number of hydrogen-bond donors (Lipinski definition) is 1. The van der Waals surface area contributed by atoms with Crippen LogP contribution in [0.25, 0.3) is 0 Å². The lowest BCUT2D eigenvalue weighted by atomic mass is 10.1. The van der Waals surface area contributed by atoms with Crippen LogP contribution in [0.4, 0.5) is 5.69 Å². The topological polar surface area (TPSA) is 80.1 Å². The van der Waals surface area contributed by atoms with Gasteiger partial charge in [0, 0.05) is 24.3 Å². The largest absolute Gasteiger partial charge is 0.328 e. The van der Waals surface area contributed by atoms with E-state index in [0.717, 1.165) is 41.0 Å². The summed E-state index contributed by atoms with van der Waals surface area (Å²) < 4.78 is 2.03. The van der Waals surface area contributed by atoms with Crippen molar-refractivity contribution in [1.82, 2.24) is 19.7 Å². The number of carbonyl (C=O) groups excluding carboxylic acids is 2. The molecule has 1 saturated heterocycles. The molecular formula is C26H31N5O2S. The summed E-state index contributed by atoms with van der Waals surface area (Å²) in [6.45, 7) is 9.39. The standard InChI is InChI=1S/C26H31N5O2S/c1-5-30-24(22-10-7-13-31(22)25(33)20-9-6-8-17(2)14-20)28-29-26(30)34-16-23(32)27-21-15-18(3)11-12-19(21)4/h6,8-9,11-12,14-15,22H,5,7,10,13,16H2,1-4H3,(H,27,32). The molecule has 0 saturated carbocycles. The van der Waals surface area contributed by atoms with Gasteiger partial charge in [-0.15, -0.1) is 10.2 Å². The second-order valence-electron chi connectivity index (χ2n) is 8.77. The average molecular weight is 478 g/mol. The lowest BCUT2D eigenvalue weighted by molar-refractivity contribution is -0.113. The number of thioether (sulfide) groups is 1. The first-order valence-corrected chi connectivity index (χ1v) is 12.7. The van der Waals surface area contributed by atoms with Crippen molar-refractivity contribution in [3.05, 3.63) is 70.5 Å². The Bertz CT molecular complexity index is 1210. The zero-order valence-electron chi connectivity index (χ0n) is 20.2. The number of anilines is 1. The number of rotatable bonds is 7. The minimum absolute atomic E-state index is 0.0268. The molecule has 34 heavy (non-hydrogen) atoms. The zero-order valence-corrected chi connectivity index (χ0v) is 21.0. The minimum atomic E-state index is -0.112. The van der Waals surface area contributed by atoms with Gasteiger partial charge in [-0.2, -0.15) is 0 Å². The molecule has 1 fully saturated rings. The zero-order chi connectivity index (χ0) is 24.2. The Hall–Kier alpha value is -3.13. The second kappa shape index (κ2) is 10.4. The molecule has 0 bridgehead atoms. The highest BCUT2D eigenvalue weighted by molar-refractivity contribution is 7.99. The molecule has 1 unspecified atom stereocenters. The number of aryl methyl sites for hydroxylation is 3. The van der Waals surface area contributed by atoms with Crippen LogP contribution in [0.1, 0.15) is 58.7 Å². The van der Waals surface area contributed by atoms with Crippen LogP contribution < -0.4 is 5.32 Å². The highest BCUT2D eigenvalue weighted by Crippen LogP contribution is 2.34. The molecule has 7 nitrogen and oxygen atoms in total. The van der Waals surface area contributed by atoms with Crippen LogP contribution >= 0.6 is 11.8 Å². The molecule has 8 heteroatoms. The summed E-state index contributed by atoms with van der Waals surface area (Å²) in [5.41, 5.74) is 4.73. The van der Waals surface area contributed by atoms with Gasteiger partial charge >= 0.3 is 0 Å². The molecule has 1 aliphatic heterocycles. The van der Waals surface area contributed by atoms with Crippen LogP contribution in [-0.2, 0) is 11.3 Å². The van der Waals surface area contributed by atoms with Gasteiger partial charge in [0.05, 0.1) is 11.8 Å². The Balaban J connectivity index is 1.47. The monoisotopic (exact) mass is 477 g/mol. The van der Waals surface area contributed by atoms with E-state index in [9.17, 15) is 9.59 Å². The predicted octanol–water partition coefficient (Wildman–Crippen LogP) is 4.93. The SMILES string of the molecule is CCn1c(SCC(=O)Nc2cc(C)ccc2C)nnc1C1CCCN1C(=O)c1cccc(C)c1. The van der Waals surface area contributed by atoms with Gasteiger partial charge in [-0.3, -0.25) is 9.59 Å². The summed E-state index contributed by atoms with van der Waals surface area (Å²) in [5, 5.41) is 12.5. The number of likely N-dealkylation sites (tertiary alicyclic amines) is 1. The van der Waals surface area contributed by atoms with E-state index in [2.05, 4.69) is 15.5 Å². The molecule has 4 rings (SSSR count). The summed E-state index contributed by atoms with van der Waals surface area (Å²) in [4.78, 5) is 27.7. The number of amides is 2. The van der Waals surface area contributed by atoms with Gasteiger partial charge in [0.1, 0.15) is 0 Å². The molecule has 0 aliphatic carbocycles. The maximum Gasteiger partial charge on any atom is 0.254 e. The molecule has 3 aromatic rings. The normalized spacial score (nSPS) is 15.5. The number of aromatic nitrogens is 3. The number of nitrogens with zero attached hydrogens (tertiary/aromatic N) is 4. The molecule has 1 atom stereocenters. The first kappa shape index (κ1) is 24.0. The molecule has 1 aromatic heterocycles. The van der Waals surface area contributed by atoms with E-state index in [0.29, 0.717) is 23.8 Å². The third-order valence-corrected chi connectivity index (χ3v) is 7.10. The molecule has 1 aliphatic rings. The van der Waals surface area contributed by atoms with E-state index >= 15 is 0 Å². The van der Waals surface area contributed by atoms with E-state index in [1.54, 1.807) is 0 Å². The van der Waals surface area contributed by atoms with Crippen molar-refractivity contribution in [3.63, 3.8) is 0 Å². The number of nitrogens with one attached hydrogen (secondary N) is 1. The quantitative estimate of drug-likeness (QED) is 0.488. The lowest BCUT2D eigenvalue weighted by Crippen LogP contribution is -2.32. The molecule has 0 spiro atoms. The summed E-state index contributed by atoms with van der Waals surface area (Å²) >= 11 is 1.37. The highest BCUT2D eigenvalue weighted by Gasteiger charge is 2.34. The Morgan fingerprint density at radius 2 is 1.88 bits per heavy atom. The van der Waals surface area contributed by atoms with Gasteiger partial charge in [0.2, 0.25) is 5.91 Å². The average Bonchev–Trinajstić information content (AvgIpc) is 3.46. The maximum absolute atomic E-state index is 13.2. The Morgan fingerprint density at radius 3 is 2.65 bits per heavy atom. The van der Waals surface area contributed by atoms with Crippen molar-refractivity contribution in [2.24, 2.45) is 0 Å². The fourth-order valence-corrected chi connectivity index (χ4v) is 5.17. The molecule has 1 N–H and O–H groups in total. The van der Waals surface area contributed by atoms with E-state index in [4.69, 9.17) is 0 Å². The first-order chi connectivity index (χ1) is 16.4. The lowest BCUT2D eigenvalue weighted by Gasteiger charge is -2.24. The fourth-order valence-electron chi connectivity index (χ4n) is 4.36. The Kier molecular flexibility index (Phi) is 7.36. The van der Waals surface area contributed by atoms with Crippen LogP contribution in [0.5, 0.6) is 0 Å². The van der Waals surface area contributed by atoms with Crippen LogP contribution in [0.3, 0.4) is 0 Å². The van der Waals surface area contributed by atoms with Crippen LogP contribution in [0.15, 0.2) is 47.6 Å². The van der Waals surface area contributed by atoms with Gasteiger partial charge in [-0.25, -0.2) is 0 Å². The molecule has 178 valence electrons. The molecular weight excluding hydrogens is 446 g/mol. The van der Waals surface area contributed by atoms with E-state index < -0.39 is 0 Å². The summed E-state index contributed by atoms with van der Waals surface area (Å²) in [7, 11) is 0. The molecule has 2 amide bonds. The number of carbonyl (C=O) groups is 2. The van der Waals surface area contributed by atoms with Crippen molar-refractivity contribution >= 4 is 29.3 Å². The van der Waals surface area contributed by atoms with Crippen LogP contribution in [-0.4, -0.2) is 43.8 Å². The molecule has 0 radical (unpaired) electrons. The van der Waals surface area contributed by atoms with Gasteiger partial charge in [0.15, 0.2) is 11.0 Å².